The van der Waals surface area contributed by atoms with E-state index in [4.69, 9.17) is 0 Å². The second kappa shape index (κ2) is 7.45. The number of hydrogen-bond acceptors (Lipinski definition) is 4. The third-order valence-electron chi connectivity index (χ3n) is 4.76. The van der Waals surface area contributed by atoms with Gasteiger partial charge in [-0.25, -0.2) is 0 Å². The molecule has 23 heavy (non-hydrogen) atoms. The summed E-state index contributed by atoms with van der Waals surface area (Å²) in [4.78, 5) is 14.8. The molecule has 1 aliphatic heterocycles. The fourth-order valence-electron chi connectivity index (χ4n) is 3.15. The van der Waals surface area contributed by atoms with Crippen LogP contribution in [0.25, 0.3) is 0 Å². The fraction of sp³-hybridized carbons (Fsp3) is 0.632. The van der Waals surface area contributed by atoms with E-state index in [0.717, 1.165) is 42.7 Å². The molecule has 128 valence electrons. The summed E-state index contributed by atoms with van der Waals surface area (Å²) < 4.78 is 0. The van der Waals surface area contributed by atoms with Crippen molar-refractivity contribution in [3.05, 3.63) is 35.1 Å². The summed E-state index contributed by atoms with van der Waals surface area (Å²) in [6, 6.07) is 0.156. The Morgan fingerprint density at radius 3 is 2.04 bits per heavy atom. The molecule has 1 fully saturated rings. The minimum atomic E-state index is 0.149. The maximum atomic E-state index is 12.5. The van der Waals surface area contributed by atoms with E-state index in [9.17, 15) is 10.0 Å². The first-order valence-electron chi connectivity index (χ1n) is 8.65. The van der Waals surface area contributed by atoms with Crippen LogP contribution in [0.2, 0.25) is 0 Å². The van der Waals surface area contributed by atoms with Crippen molar-refractivity contribution in [3.63, 3.8) is 0 Å². The smallest absolute Gasteiger partial charge is 0.185 e. The van der Waals surface area contributed by atoms with Gasteiger partial charge in [-0.2, -0.15) is 0 Å². The maximum Gasteiger partial charge on any atom is 0.185 e. The minimum absolute atomic E-state index is 0.149. The molecule has 0 bridgehead atoms. The number of carbonyl (C=O) groups is 1. The lowest BCUT2D eigenvalue weighted by molar-refractivity contribution is -0.113. The summed E-state index contributed by atoms with van der Waals surface area (Å²) in [6.07, 6.45) is 7.55. The molecule has 4 nitrogen and oxygen atoms in total. The number of nitrogens with zero attached hydrogens (tertiary/aromatic N) is 2. The van der Waals surface area contributed by atoms with Crippen LogP contribution in [0.15, 0.2) is 35.1 Å². The average Bonchev–Trinajstić information content (AvgIpc) is 2.48. The van der Waals surface area contributed by atoms with E-state index in [2.05, 4.69) is 11.9 Å². The number of piperidine rings is 1. The highest BCUT2D eigenvalue weighted by Gasteiger charge is 2.25. The first-order chi connectivity index (χ1) is 10.8. The number of hydroxylamine groups is 2. The molecule has 1 saturated heterocycles. The van der Waals surface area contributed by atoms with Crippen molar-refractivity contribution in [2.24, 2.45) is 11.8 Å². The molecule has 0 unspecified atom stereocenters. The molecule has 0 spiro atoms. The Labute approximate surface area is 140 Å². The van der Waals surface area contributed by atoms with E-state index in [1.165, 1.54) is 5.06 Å². The molecule has 2 aliphatic rings. The van der Waals surface area contributed by atoms with Crippen LogP contribution in [0, 0.1) is 11.8 Å². The van der Waals surface area contributed by atoms with Crippen LogP contribution in [-0.2, 0) is 4.79 Å². The Bertz CT molecular complexity index is 506. The van der Waals surface area contributed by atoms with Crippen LogP contribution >= 0.6 is 0 Å². The number of allylic oxidation sites excluding steroid dienone is 5. The zero-order chi connectivity index (χ0) is 17.1. The molecule has 4 heteroatoms. The third-order valence-corrected chi connectivity index (χ3v) is 4.76. The van der Waals surface area contributed by atoms with Gasteiger partial charge in [0.05, 0.1) is 6.04 Å². The van der Waals surface area contributed by atoms with Gasteiger partial charge in [0, 0.05) is 17.3 Å². The summed E-state index contributed by atoms with van der Waals surface area (Å²) in [5.74, 6) is 0.517. The van der Waals surface area contributed by atoms with Crippen LogP contribution in [0.1, 0.15) is 40.5 Å². The molecule has 0 aromatic heterocycles. The first-order valence-corrected chi connectivity index (χ1v) is 8.65. The molecule has 0 aromatic rings. The summed E-state index contributed by atoms with van der Waals surface area (Å²) in [5, 5.41) is 11.8. The quantitative estimate of drug-likeness (QED) is 0.807. The summed E-state index contributed by atoms with van der Waals surface area (Å²) in [6.45, 7) is 10.2. The number of rotatable bonds is 4. The van der Waals surface area contributed by atoms with E-state index in [0.29, 0.717) is 0 Å². The van der Waals surface area contributed by atoms with Crippen LogP contribution in [0.5, 0.6) is 0 Å². The lowest BCUT2D eigenvalue weighted by Gasteiger charge is -2.33. The highest BCUT2D eigenvalue weighted by atomic mass is 16.5. The minimum Gasteiger partial charge on any atom is -0.306 e. The van der Waals surface area contributed by atoms with Crippen molar-refractivity contribution >= 4 is 5.78 Å². The number of Topliss-reactive ketones (excluding diaryl/α,β-unsaturated/α-hetero) is 1. The Kier molecular flexibility index (Phi) is 5.82. The predicted molar refractivity (Wildman–Crippen MR) is 93.1 cm³/mol. The van der Waals surface area contributed by atoms with Crippen molar-refractivity contribution in [1.82, 2.24) is 9.96 Å². The molecular weight excluding hydrogens is 288 g/mol. The van der Waals surface area contributed by atoms with E-state index in [-0.39, 0.29) is 23.7 Å². The molecule has 0 atom stereocenters. The van der Waals surface area contributed by atoms with Crippen LogP contribution in [0.4, 0.5) is 0 Å². The summed E-state index contributed by atoms with van der Waals surface area (Å²) >= 11 is 0. The topological polar surface area (TPSA) is 43.8 Å². The molecule has 1 N–H and O–H groups in total. The second-order valence-electron chi connectivity index (χ2n) is 7.38. The van der Waals surface area contributed by atoms with Gasteiger partial charge in [0.25, 0.3) is 0 Å². The number of carbonyl (C=O) groups excluding carboxylic acids is 1. The number of ketones is 1. The molecular formula is C19H30N2O2. The zero-order valence-corrected chi connectivity index (χ0v) is 15.0. The van der Waals surface area contributed by atoms with Crippen molar-refractivity contribution < 1.29 is 10.0 Å². The van der Waals surface area contributed by atoms with Crippen molar-refractivity contribution in [1.29, 1.82) is 0 Å². The SMILES string of the molecule is CC(C)C1=CC(=CN(O)C2CCN(C)CC2)C=C(C(C)C)C1=O. The molecule has 2 rings (SSSR count). The predicted octanol–water partition coefficient (Wildman–Crippen LogP) is 3.40. The standard InChI is InChI=1S/C19H30N2O2/c1-13(2)17-10-15(11-18(14(3)4)19(17)22)12-21(23)16-6-8-20(5)9-7-16/h10-14,16,23H,6-9H2,1-5H3. The third kappa shape index (κ3) is 4.33. The van der Waals surface area contributed by atoms with Crippen molar-refractivity contribution in [2.75, 3.05) is 20.1 Å². The van der Waals surface area contributed by atoms with Gasteiger partial charge in [0.1, 0.15) is 0 Å². The van der Waals surface area contributed by atoms with E-state index in [1.807, 2.05) is 39.8 Å². The van der Waals surface area contributed by atoms with Crippen LogP contribution in [0.3, 0.4) is 0 Å². The molecule has 1 aliphatic carbocycles. The Hall–Kier alpha value is -1.39. The number of likely N-dealkylation sites (tertiary alicyclic amines) is 1. The van der Waals surface area contributed by atoms with Gasteiger partial charge in [-0.05, 0) is 62.5 Å². The highest BCUT2D eigenvalue weighted by molar-refractivity contribution is 6.10. The van der Waals surface area contributed by atoms with E-state index < -0.39 is 0 Å². The lowest BCUT2D eigenvalue weighted by atomic mass is 9.83. The normalized spacial score (nSPS) is 20.9. The number of hydrogen-bond donors (Lipinski definition) is 1. The summed E-state index contributed by atoms with van der Waals surface area (Å²) in [7, 11) is 2.11. The molecule has 0 aromatic carbocycles. The second-order valence-corrected chi connectivity index (χ2v) is 7.38. The Balaban J connectivity index is 2.23. The van der Waals surface area contributed by atoms with Gasteiger partial charge in [0.15, 0.2) is 5.78 Å². The van der Waals surface area contributed by atoms with Gasteiger partial charge in [-0.3, -0.25) is 15.1 Å². The molecule has 0 radical (unpaired) electrons. The molecule has 0 amide bonds. The van der Waals surface area contributed by atoms with Crippen molar-refractivity contribution in [2.45, 2.75) is 46.6 Å². The Morgan fingerprint density at radius 1 is 1.13 bits per heavy atom. The zero-order valence-electron chi connectivity index (χ0n) is 15.0. The van der Waals surface area contributed by atoms with Gasteiger partial charge < -0.3 is 4.90 Å². The lowest BCUT2D eigenvalue weighted by Crippen LogP contribution is -2.40. The molecule has 0 saturated carbocycles. The molecule has 1 heterocycles. The van der Waals surface area contributed by atoms with Gasteiger partial charge in [-0.15, -0.1) is 0 Å². The largest absolute Gasteiger partial charge is 0.306 e. The van der Waals surface area contributed by atoms with Crippen molar-refractivity contribution in [3.8, 4) is 0 Å². The monoisotopic (exact) mass is 318 g/mol. The summed E-state index contributed by atoms with van der Waals surface area (Å²) in [5.41, 5.74) is 2.58. The highest BCUT2D eigenvalue weighted by Crippen LogP contribution is 2.29. The van der Waals surface area contributed by atoms with Crippen LogP contribution in [-0.4, -0.2) is 47.1 Å². The Morgan fingerprint density at radius 2 is 1.61 bits per heavy atom. The van der Waals surface area contributed by atoms with Crippen LogP contribution < -0.4 is 0 Å². The van der Waals surface area contributed by atoms with E-state index in [1.54, 1.807) is 6.20 Å². The fourth-order valence-corrected chi connectivity index (χ4v) is 3.15. The maximum absolute atomic E-state index is 12.5. The van der Waals surface area contributed by atoms with Gasteiger partial charge in [0.2, 0.25) is 0 Å². The van der Waals surface area contributed by atoms with E-state index >= 15 is 0 Å². The van der Waals surface area contributed by atoms with Gasteiger partial charge >= 0.3 is 0 Å². The van der Waals surface area contributed by atoms with Gasteiger partial charge in [-0.1, -0.05) is 27.7 Å². The average molecular weight is 318 g/mol. The first kappa shape index (κ1) is 18.0.